The number of ether oxygens (including phenoxy) is 3. The van der Waals surface area contributed by atoms with E-state index < -0.39 is 0 Å². The summed E-state index contributed by atoms with van der Waals surface area (Å²) in [5.74, 6) is 2.05. The van der Waals surface area contributed by atoms with Crippen molar-refractivity contribution >= 4 is 5.91 Å². The Morgan fingerprint density at radius 3 is 2.82 bits per heavy atom. The molecular formula is C17H15NO4. The highest BCUT2D eigenvalue weighted by Gasteiger charge is 2.22. The number of rotatable bonds is 2. The van der Waals surface area contributed by atoms with E-state index in [-0.39, 0.29) is 18.7 Å². The fourth-order valence-corrected chi connectivity index (χ4v) is 2.73. The van der Waals surface area contributed by atoms with Gasteiger partial charge in [-0.15, -0.1) is 0 Å². The van der Waals surface area contributed by atoms with Gasteiger partial charge in [0, 0.05) is 5.56 Å². The molecule has 0 aromatic heterocycles. The van der Waals surface area contributed by atoms with Gasteiger partial charge in [0.15, 0.2) is 11.5 Å². The summed E-state index contributed by atoms with van der Waals surface area (Å²) < 4.78 is 16.2. The molecule has 1 N–H and O–H groups in total. The second-order valence-electron chi connectivity index (χ2n) is 5.36. The number of para-hydroxylation sites is 1. The van der Waals surface area contributed by atoms with Crippen LogP contribution in [-0.2, 0) is 6.42 Å². The first-order valence-corrected chi connectivity index (χ1v) is 7.21. The van der Waals surface area contributed by atoms with Crippen LogP contribution in [0, 0.1) is 0 Å². The van der Waals surface area contributed by atoms with Gasteiger partial charge < -0.3 is 19.5 Å². The van der Waals surface area contributed by atoms with Crippen LogP contribution in [0.1, 0.15) is 15.9 Å². The molecule has 4 rings (SSSR count). The molecule has 1 amide bonds. The molecule has 5 heteroatoms. The highest BCUT2D eigenvalue weighted by atomic mass is 16.7. The monoisotopic (exact) mass is 297 g/mol. The highest BCUT2D eigenvalue weighted by molar-refractivity contribution is 5.95. The van der Waals surface area contributed by atoms with Crippen LogP contribution in [0.25, 0.3) is 0 Å². The molecule has 2 aromatic carbocycles. The first-order chi connectivity index (χ1) is 10.8. The molecule has 2 aliphatic heterocycles. The normalized spacial score (nSPS) is 18.3. The van der Waals surface area contributed by atoms with Gasteiger partial charge in [0.05, 0.1) is 6.04 Å². The van der Waals surface area contributed by atoms with Crippen molar-refractivity contribution in [2.45, 2.75) is 12.5 Å². The van der Waals surface area contributed by atoms with Gasteiger partial charge in [-0.2, -0.15) is 0 Å². The molecule has 0 saturated carbocycles. The molecule has 0 fully saturated rings. The van der Waals surface area contributed by atoms with Crippen molar-refractivity contribution < 1.29 is 19.0 Å². The van der Waals surface area contributed by atoms with E-state index in [4.69, 9.17) is 14.2 Å². The van der Waals surface area contributed by atoms with Crippen molar-refractivity contribution in [3.05, 3.63) is 53.6 Å². The van der Waals surface area contributed by atoms with Crippen molar-refractivity contribution in [2.75, 3.05) is 13.4 Å². The van der Waals surface area contributed by atoms with Crippen LogP contribution in [0.5, 0.6) is 17.2 Å². The minimum absolute atomic E-state index is 0.0344. The summed E-state index contributed by atoms with van der Waals surface area (Å²) in [6.07, 6.45) is 0.770. The first-order valence-electron chi connectivity index (χ1n) is 7.21. The van der Waals surface area contributed by atoms with Crippen LogP contribution < -0.4 is 19.5 Å². The number of benzene rings is 2. The van der Waals surface area contributed by atoms with Gasteiger partial charge in [0.25, 0.3) is 5.91 Å². The summed E-state index contributed by atoms with van der Waals surface area (Å²) in [4.78, 5) is 12.4. The topological polar surface area (TPSA) is 56.8 Å². The number of hydrogen-bond acceptors (Lipinski definition) is 4. The van der Waals surface area contributed by atoms with E-state index in [1.54, 1.807) is 18.2 Å². The molecule has 1 atom stereocenters. The average Bonchev–Trinajstić information content (AvgIpc) is 3.02. The predicted octanol–water partition coefficient (Wildman–Crippen LogP) is 2.15. The molecule has 22 heavy (non-hydrogen) atoms. The SMILES string of the molecule is O=C(NC1COc2ccccc2C1)c1ccc2c(c1)OCO2. The molecule has 1 unspecified atom stereocenters. The fourth-order valence-electron chi connectivity index (χ4n) is 2.73. The fraction of sp³-hybridized carbons (Fsp3) is 0.235. The maximum absolute atomic E-state index is 12.4. The summed E-state index contributed by atoms with van der Waals surface area (Å²) in [6.45, 7) is 0.682. The molecule has 0 spiro atoms. The summed E-state index contributed by atoms with van der Waals surface area (Å²) in [7, 11) is 0. The van der Waals surface area contributed by atoms with Gasteiger partial charge in [-0.05, 0) is 36.2 Å². The van der Waals surface area contributed by atoms with Crippen molar-refractivity contribution in [2.24, 2.45) is 0 Å². The Balaban J connectivity index is 1.47. The number of hydrogen-bond donors (Lipinski definition) is 1. The van der Waals surface area contributed by atoms with Crippen LogP contribution in [0.15, 0.2) is 42.5 Å². The van der Waals surface area contributed by atoms with Gasteiger partial charge >= 0.3 is 0 Å². The average molecular weight is 297 g/mol. The largest absolute Gasteiger partial charge is 0.491 e. The van der Waals surface area contributed by atoms with Gasteiger partial charge in [-0.3, -0.25) is 4.79 Å². The Morgan fingerprint density at radius 1 is 1.00 bits per heavy atom. The van der Waals surface area contributed by atoms with Gasteiger partial charge in [0.2, 0.25) is 6.79 Å². The van der Waals surface area contributed by atoms with Crippen molar-refractivity contribution in [1.82, 2.24) is 5.32 Å². The van der Waals surface area contributed by atoms with E-state index in [0.717, 1.165) is 17.7 Å². The van der Waals surface area contributed by atoms with E-state index in [1.807, 2.05) is 24.3 Å². The minimum Gasteiger partial charge on any atom is -0.491 e. The lowest BCUT2D eigenvalue weighted by molar-refractivity contribution is 0.0915. The Labute approximate surface area is 127 Å². The molecule has 0 bridgehead atoms. The van der Waals surface area contributed by atoms with Crippen molar-refractivity contribution in [1.29, 1.82) is 0 Å². The second kappa shape index (κ2) is 5.26. The van der Waals surface area contributed by atoms with Gasteiger partial charge in [-0.1, -0.05) is 18.2 Å². The van der Waals surface area contributed by atoms with Crippen LogP contribution in [-0.4, -0.2) is 25.3 Å². The second-order valence-corrected chi connectivity index (χ2v) is 5.36. The predicted molar refractivity (Wildman–Crippen MR) is 79.5 cm³/mol. The third kappa shape index (κ3) is 2.35. The highest BCUT2D eigenvalue weighted by Crippen LogP contribution is 2.32. The molecular weight excluding hydrogens is 282 g/mol. The summed E-state index contributed by atoms with van der Waals surface area (Å²) in [5, 5.41) is 3.01. The van der Waals surface area contributed by atoms with E-state index in [2.05, 4.69) is 5.32 Å². The maximum Gasteiger partial charge on any atom is 0.251 e. The Kier molecular flexibility index (Phi) is 3.11. The Hall–Kier alpha value is -2.69. The lowest BCUT2D eigenvalue weighted by Gasteiger charge is -2.26. The first kappa shape index (κ1) is 13.0. The lowest BCUT2D eigenvalue weighted by Crippen LogP contribution is -2.42. The summed E-state index contributed by atoms with van der Waals surface area (Å²) in [6, 6.07) is 13.1. The van der Waals surface area contributed by atoms with E-state index in [9.17, 15) is 4.79 Å². The quantitative estimate of drug-likeness (QED) is 0.923. The summed E-state index contributed by atoms with van der Waals surface area (Å²) >= 11 is 0. The summed E-state index contributed by atoms with van der Waals surface area (Å²) in [5.41, 5.74) is 1.67. The minimum atomic E-state index is -0.133. The van der Waals surface area contributed by atoms with Crippen LogP contribution >= 0.6 is 0 Å². The number of amides is 1. The van der Waals surface area contributed by atoms with E-state index in [1.165, 1.54) is 0 Å². The van der Waals surface area contributed by atoms with Crippen LogP contribution in [0.3, 0.4) is 0 Å². The lowest BCUT2D eigenvalue weighted by atomic mass is 10.0. The zero-order valence-corrected chi connectivity index (χ0v) is 11.9. The molecule has 2 aliphatic rings. The van der Waals surface area contributed by atoms with Gasteiger partial charge in [0.1, 0.15) is 12.4 Å². The van der Waals surface area contributed by atoms with E-state index in [0.29, 0.717) is 23.7 Å². The Morgan fingerprint density at radius 2 is 1.86 bits per heavy atom. The van der Waals surface area contributed by atoms with Crippen LogP contribution in [0.2, 0.25) is 0 Å². The molecule has 2 heterocycles. The molecule has 2 aromatic rings. The number of nitrogens with one attached hydrogen (secondary N) is 1. The third-order valence-electron chi connectivity index (χ3n) is 3.85. The number of fused-ring (bicyclic) bond motifs is 2. The van der Waals surface area contributed by atoms with Gasteiger partial charge in [-0.25, -0.2) is 0 Å². The van der Waals surface area contributed by atoms with E-state index >= 15 is 0 Å². The molecule has 5 nitrogen and oxygen atoms in total. The third-order valence-corrected chi connectivity index (χ3v) is 3.85. The maximum atomic E-state index is 12.4. The molecule has 0 aliphatic carbocycles. The molecule has 0 radical (unpaired) electrons. The number of carbonyl (C=O) groups excluding carboxylic acids is 1. The zero-order valence-electron chi connectivity index (χ0n) is 11.9. The standard InChI is InChI=1S/C17H15NO4/c19-17(12-5-6-15-16(8-12)22-10-21-15)18-13-7-11-3-1-2-4-14(11)20-9-13/h1-6,8,13H,7,9-10H2,(H,18,19). The van der Waals surface area contributed by atoms with Crippen molar-refractivity contribution in [3.63, 3.8) is 0 Å². The molecule has 112 valence electrons. The Bertz CT molecular complexity index is 728. The molecule has 0 saturated heterocycles. The van der Waals surface area contributed by atoms with Crippen LogP contribution in [0.4, 0.5) is 0 Å². The number of carbonyl (C=O) groups is 1. The van der Waals surface area contributed by atoms with Crippen molar-refractivity contribution in [3.8, 4) is 17.2 Å². The zero-order chi connectivity index (χ0) is 14.9. The smallest absolute Gasteiger partial charge is 0.251 e.